The van der Waals surface area contributed by atoms with Crippen LogP contribution in [0.15, 0.2) is 36.4 Å². The number of benzene rings is 2. The van der Waals surface area contributed by atoms with Gasteiger partial charge in [0.2, 0.25) is 0 Å². The Morgan fingerprint density at radius 1 is 1.00 bits per heavy atom. The molecule has 0 heterocycles. The summed E-state index contributed by atoms with van der Waals surface area (Å²) >= 11 is 0. The third-order valence-electron chi connectivity index (χ3n) is 2.76. The summed E-state index contributed by atoms with van der Waals surface area (Å²) < 4.78 is 38.7. The Morgan fingerprint density at radius 3 is 2.37 bits per heavy atom. The molecule has 19 heavy (non-hydrogen) atoms. The lowest BCUT2D eigenvalue weighted by molar-refractivity contribution is 0.459. The minimum absolute atomic E-state index is 0.192. The van der Waals surface area contributed by atoms with Crippen molar-refractivity contribution in [2.75, 3.05) is 5.32 Å². The number of halogens is 3. The summed E-state index contributed by atoms with van der Waals surface area (Å²) in [5, 5.41) is 12.5. The highest BCUT2D eigenvalue weighted by atomic mass is 19.2. The molecule has 1 unspecified atom stereocenters. The van der Waals surface area contributed by atoms with Crippen molar-refractivity contribution in [1.82, 2.24) is 0 Å². The second-order valence-corrected chi connectivity index (χ2v) is 4.20. The first-order chi connectivity index (χ1) is 8.97. The van der Waals surface area contributed by atoms with E-state index in [0.717, 1.165) is 18.2 Å². The summed E-state index contributed by atoms with van der Waals surface area (Å²) in [6.45, 7) is 1.72. The zero-order valence-corrected chi connectivity index (χ0v) is 10.1. The van der Waals surface area contributed by atoms with E-state index in [0.29, 0.717) is 11.3 Å². The number of nitrogens with one attached hydrogen (secondary N) is 1. The van der Waals surface area contributed by atoms with E-state index in [1.54, 1.807) is 6.92 Å². The summed E-state index contributed by atoms with van der Waals surface area (Å²) in [5.74, 6) is -2.62. The summed E-state index contributed by atoms with van der Waals surface area (Å²) in [4.78, 5) is 0. The third kappa shape index (κ3) is 2.99. The molecule has 0 amide bonds. The standard InChI is InChI=1S/C14H12F3NO/c1-8(11-4-2-9(15)6-14(11)19)18-10-3-5-12(16)13(17)7-10/h2-8,18-19H,1H3. The highest BCUT2D eigenvalue weighted by Crippen LogP contribution is 2.27. The molecule has 5 heteroatoms. The fourth-order valence-corrected chi connectivity index (χ4v) is 1.80. The molecule has 0 spiro atoms. The van der Waals surface area contributed by atoms with Crippen molar-refractivity contribution in [1.29, 1.82) is 0 Å². The van der Waals surface area contributed by atoms with Crippen molar-refractivity contribution in [3.63, 3.8) is 0 Å². The number of aromatic hydroxyl groups is 1. The molecular weight excluding hydrogens is 255 g/mol. The number of hydrogen-bond acceptors (Lipinski definition) is 2. The third-order valence-corrected chi connectivity index (χ3v) is 2.76. The van der Waals surface area contributed by atoms with Crippen LogP contribution in [0.1, 0.15) is 18.5 Å². The van der Waals surface area contributed by atoms with Crippen LogP contribution in [0.2, 0.25) is 0 Å². The van der Waals surface area contributed by atoms with E-state index in [1.165, 1.54) is 18.2 Å². The van der Waals surface area contributed by atoms with Crippen molar-refractivity contribution >= 4 is 5.69 Å². The lowest BCUT2D eigenvalue weighted by atomic mass is 10.1. The van der Waals surface area contributed by atoms with E-state index in [1.807, 2.05) is 0 Å². The molecule has 0 radical (unpaired) electrons. The van der Waals surface area contributed by atoms with Gasteiger partial charge in [0.1, 0.15) is 11.6 Å². The van der Waals surface area contributed by atoms with Crippen LogP contribution in [0.5, 0.6) is 5.75 Å². The van der Waals surface area contributed by atoms with Crippen molar-refractivity contribution in [3.8, 4) is 5.75 Å². The van der Waals surface area contributed by atoms with Crippen LogP contribution in [-0.4, -0.2) is 5.11 Å². The fraction of sp³-hybridized carbons (Fsp3) is 0.143. The van der Waals surface area contributed by atoms with Crippen LogP contribution < -0.4 is 5.32 Å². The van der Waals surface area contributed by atoms with Gasteiger partial charge in [-0.15, -0.1) is 0 Å². The predicted molar refractivity (Wildman–Crippen MR) is 66.5 cm³/mol. The highest BCUT2D eigenvalue weighted by Gasteiger charge is 2.12. The van der Waals surface area contributed by atoms with Crippen LogP contribution in [0.4, 0.5) is 18.9 Å². The molecule has 2 aromatic rings. The summed E-state index contributed by atoms with van der Waals surface area (Å²) in [6, 6.07) is 6.68. The maximum Gasteiger partial charge on any atom is 0.160 e. The SMILES string of the molecule is CC(Nc1ccc(F)c(F)c1)c1ccc(F)cc1O. The quantitative estimate of drug-likeness (QED) is 0.881. The largest absolute Gasteiger partial charge is 0.507 e. The van der Waals surface area contributed by atoms with Gasteiger partial charge in [-0.2, -0.15) is 0 Å². The zero-order chi connectivity index (χ0) is 14.0. The van der Waals surface area contributed by atoms with Gasteiger partial charge in [0, 0.05) is 23.4 Å². The Kier molecular flexibility index (Phi) is 3.64. The monoisotopic (exact) mass is 267 g/mol. The van der Waals surface area contributed by atoms with Crippen LogP contribution in [0.25, 0.3) is 0 Å². The number of phenolic OH excluding ortho intramolecular Hbond substituents is 1. The van der Waals surface area contributed by atoms with Crippen molar-refractivity contribution in [2.45, 2.75) is 13.0 Å². The molecule has 0 aliphatic carbocycles. The van der Waals surface area contributed by atoms with E-state index >= 15 is 0 Å². The van der Waals surface area contributed by atoms with Gasteiger partial charge in [0.15, 0.2) is 11.6 Å². The maximum atomic E-state index is 13.1. The molecule has 0 fully saturated rings. The smallest absolute Gasteiger partial charge is 0.160 e. The van der Waals surface area contributed by atoms with Crippen molar-refractivity contribution in [2.24, 2.45) is 0 Å². The Labute approximate surface area is 108 Å². The zero-order valence-electron chi connectivity index (χ0n) is 10.1. The molecule has 100 valence electrons. The minimum Gasteiger partial charge on any atom is -0.507 e. The van der Waals surface area contributed by atoms with Crippen LogP contribution in [-0.2, 0) is 0 Å². The first kappa shape index (κ1) is 13.3. The number of rotatable bonds is 3. The van der Waals surface area contributed by atoms with E-state index < -0.39 is 17.5 Å². The first-order valence-corrected chi connectivity index (χ1v) is 5.67. The molecule has 2 rings (SSSR count). The molecule has 0 aromatic heterocycles. The molecule has 2 aromatic carbocycles. The molecule has 0 saturated heterocycles. The maximum absolute atomic E-state index is 13.1. The fourth-order valence-electron chi connectivity index (χ4n) is 1.80. The van der Waals surface area contributed by atoms with Gasteiger partial charge in [0.05, 0.1) is 6.04 Å². The van der Waals surface area contributed by atoms with Gasteiger partial charge in [-0.1, -0.05) is 6.07 Å². The molecule has 1 atom stereocenters. The number of anilines is 1. The molecule has 0 aliphatic heterocycles. The Balaban J connectivity index is 2.20. The number of phenols is 1. The molecule has 2 N–H and O–H groups in total. The first-order valence-electron chi connectivity index (χ1n) is 5.67. The van der Waals surface area contributed by atoms with Gasteiger partial charge in [-0.05, 0) is 25.1 Å². The molecule has 0 aliphatic rings. The Hall–Kier alpha value is -2.17. The number of hydrogen-bond donors (Lipinski definition) is 2. The summed E-state index contributed by atoms with van der Waals surface area (Å²) in [5.41, 5.74) is 0.834. The second-order valence-electron chi connectivity index (χ2n) is 4.20. The van der Waals surface area contributed by atoms with Crippen molar-refractivity contribution in [3.05, 3.63) is 59.4 Å². The van der Waals surface area contributed by atoms with Gasteiger partial charge >= 0.3 is 0 Å². The highest BCUT2D eigenvalue weighted by molar-refractivity contribution is 5.47. The van der Waals surface area contributed by atoms with Gasteiger partial charge in [-0.25, -0.2) is 13.2 Å². The second kappa shape index (κ2) is 5.22. The lowest BCUT2D eigenvalue weighted by Gasteiger charge is -2.17. The van der Waals surface area contributed by atoms with Gasteiger partial charge in [0.25, 0.3) is 0 Å². The van der Waals surface area contributed by atoms with Crippen LogP contribution in [0, 0.1) is 17.5 Å². The lowest BCUT2D eigenvalue weighted by Crippen LogP contribution is -2.07. The molecular formula is C14H12F3NO. The van der Waals surface area contributed by atoms with Crippen LogP contribution >= 0.6 is 0 Å². The average molecular weight is 267 g/mol. The minimum atomic E-state index is -0.958. The molecule has 0 saturated carbocycles. The van der Waals surface area contributed by atoms with E-state index in [2.05, 4.69) is 5.32 Å². The molecule has 2 nitrogen and oxygen atoms in total. The van der Waals surface area contributed by atoms with Crippen LogP contribution in [0.3, 0.4) is 0 Å². The topological polar surface area (TPSA) is 32.3 Å². The molecule has 0 bridgehead atoms. The Morgan fingerprint density at radius 2 is 1.74 bits per heavy atom. The van der Waals surface area contributed by atoms with Gasteiger partial charge in [-0.3, -0.25) is 0 Å². The predicted octanol–water partition coefficient (Wildman–Crippen LogP) is 3.98. The summed E-state index contributed by atoms with van der Waals surface area (Å²) in [6.07, 6.45) is 0. The Bertz CT molecular complexity index is 601. The van der Waals surface area contributed by atoms with E-state index in [9.17, 15) is 18.3 Å². The van der Waals surface area contributed by atoms with E-state index in [-0.39, 0.29) is 11.8 Å². The van der Waals surface area contributed by atoms with Gasteiger partial charge < -0.3 is 10.4 Å². The van der Waals surface area contributed by atoms with E-state index in [4.69, 9.17) is 0 Å². The summed E-state index contributed by atoms with van der Waals surface area (Å²) in [7, 11) is 0. The van der Waals surface area contributed by atoms with Crippen molar-refractivity contribution < 1.29 is 18.3 Å². The normalized spacial score (nSPS) is 12.2. The average Bonchev–Trinajstić information content (AvgIpc) is 2.33.